The van der Waals surface area contributed by atoms with E-state index in [1.807, 2.05) is 0 Å². The van der Waals surface area contributed by atoms with Crippen molar-refractivity contribution in [2.24, 2.45) is 0 Å². The topological polar surface area (TPSA) is 86.7 Å². The Morgan fingerprint density at radius 2 is 2.00 bits per heavy atom. The van der Waals surface area contributed by atoms with Crippen molar-refractivity contribution in [2.45, 2.75) is 0 Å². The second kappa shape index (κ2) is 3.16. The highest BCUT2D eigenvalue weighted by molar-refractivity contribution is 7.19. The average Bonchev–Trinajstić information content (AvgIpc) is 2.49. The van der Waals surface area contributed by atoms with Crippen molar-refractivity contribution in [3.63, 3.8) is 0 Å². The van der Waals surface area contributed by atoms with Gasteiger partial charge in [0.25, 0.3) is 0 Å². The predicted molar refractivity (Wildman–Crippen MR) is 57.7 cm³/mol. The Labute approximate surface area is 84.4 Å². The Balaban J connectivity index is 2.83. The molecule has 1 heterocycles. The van der Waals surface area contributed by atoms with Crippen molar-refractivity contribution in [1.29, 1.82) is 0 Å². The largest absolute Gasteiger partial charge is 0.507 e. The van der Waals surface area contributed by atoms with E-state index in [-0.39, 0.29) is 5.75 Å². The fraction of sp³-hybridized carbons (Fsp3) is 0. The van der Waals surface area contributed by atoms with Gasteiger partial charge in [0.15, 0.2) is 0 Å². The molecule has 0 fully saturated rings. The summed E-state index contributed by atoms with van der Waals surface area (Å²) in [5.41, 5.74) is 6.44. The molecular formula is C8H8BNO3S. The molecule has 0 bridgehead atoms. The van der Waals surface area contributed by atoms with E-state index in [1.54, 1.807) is 5.38 Å². The van der Waals surface area contributed by atoms with Crippen LogP contribution in [0.25, 0.3) is 10.1 Å². The first-order chi connectivity index (χ1) is 6.61. The van der Waals surface area contributed by atoms with Gasteiger partial charge in [-0.2, -0.15) is 0 Å². The molecule has 72 valence electrons. The number of hydrogen-bond acceptors (Lipinski definition) is 5. The van der Waals surface area contributed by atoms with Crippen LogP contribution in [0.3, 0.4) is 0 Å². The van der Waals surface area contributed by atoms with Crippen molar-refractivity contribution in [1.82, 2.24) is 0 Å². The normalized spacial score (nSPS) is 10.7. The van der Waals surface area contributed by atoms with E-state index >= 15 is 0 Å². The predicted octanol–water partition coefficient (Wildman–Crippen LogP) is -0.131. The molecule has 0 atom stereocenters. The number of nitrogen functional groups attached to an aromatic ring is 1. The lowest BCUT2D eigenvalue weighted by atomic mass is 9.79. The number of hydrogen-bond donors (Lipinski definition) is 4. The second-order valence-corrected chi connectivity index (χ2v) is 3.82. The summed E-state index contributed by atoms with van der Waals surface area (Å²) in [5, 5.41) is 29.8. The number of rotatable bonds is 1. The zero-order valence-electron chi connectivity index (χ0n) is 7.14. The molecule has 5 N–H and O–H groups in total. The van der Waals surface area contributed by atoms with E-state index in [4.69, 9.17) is 15.8 Å². The minimum Gasteiger partial charge on any atom is -0.507 e. The van der Waals surface area contributed by atoms with E-state index in [1.165, 1.54) is 23.5 Å². The minimum absolute atomic E-state index is 0.0585. The van der Waals surface area contributed by atoms with E-state index < -0.39 is 7.12 Å². The molecule has 0 aliphatic heterocycles. The molecule has 0 saturated carbocycles. The number of aromatic hydroxyl groups is 1. The molecule has 0 saturated heterocycles. The van der Waals surface area contributed by atoms with Crippen molar-refractivity contribution in [3.05, 3.63) is 17.5 Å². The standard InChI is InChI=1S/C8H8BNO3S/c10-5-3-14-8-4(9(12)13)1-2-6(11)7(5)8/h1-3,11-13H,10H2. The van der Waals surface area contributed by atoms with E-state index in [0.29, 0.717) is 21.2 Å². The van der Waals surface area contributed by atoms with Crippen LogP contribution in [0.2, 0.25) is 0 Å². The van der Waals surface area contributed by atoms with Gasteiger partial charge in [-0.05, 0) is 6.07 Å². The second-order valence-electron chi connectivity index (χ2n) is 2.94. The number of anilines is 1. The summed E-state index contributed by atoms with van der Waals surface area (Å²) in [6.07, 6.45) is 0. The number of phenols is 1. The Morgan fingerprint density at radius 1 is 1.29 bits per heavy atom. The van der Waals surface area contributed by atoms with Crippen LogP contribution in [0.1, 0.15) is 0 Å². The van der Waals surface area contributed by atoms with Gasteiger partial charge >= 0.3 is 7.12 Å². The zero-order valence-corrected chi connectivity index (χ0v) is 7.95. The van der Waals surface area contributed by atoms with Gasteiger partial charge in [-0.1, -0.05) is 6.07 Å². The first kappa shape index (κ1) is 9.33. The number of fused-ring (bicyclic) bond motifs is 1. The summed E-state index contributed by atoms with van der Waals surface area (Å²) >= 11 is 1.28. The lowest BCUT2D eigenvalue weighted by molar-refractivity contribution is 0.426. The summed E-state index contributed by atoms with van der Waals surface area (Å²) in [6.45, 7) is 0. The molecule has 2 aromatic rings. The highest BCUT2D eigenvalue weighted by Crippen LogP contribution is 2.33. The zero-order chi connectivity index (χ0) is 10.3. The van der Waals surface area contributed by atoms with E-state index in [0.717, 1.165) is 0 Å². The van der Waals surface area contributed by atoms with Gasteiger partial charge in [0.1, 0.15) is 5.75 Å². The molecule has 6 heteroatoms. The molecule has 0 spiro atoms. The highest BCUT2D eigenvalue weighted by Gasteiger charge is 2.18. The highest BCUT2D eigenvalue weighted by atomic mass is 32.1. The van der Waals surface area contributed by atoms with E-state index in [2.05, 4.69) is 0 Å². The molecule has 4 nitrogen and oxygen atoms in total. The van der Waals surface area contributed by atoms with E-state index in [9.17, 15) is 5.11 Å². The molecule has 2 rings (SSSR count). The fourth-order valence-electron chi connectivity index (χ4n) is 1.38. The lowest BCUT2D eigenvalue weighted by Gasteiger charge is -2.03. The molecule has 0 aliphatic carbocycles. The van der Waals surface area contributed by atoms with Crippen molar-refractivity contribution in [3.8, 4) is 5.75 Å². The maximum atomic E-state index is 9.51. The third-order valence-electron chi connectivity index (χ3n) is 2.04. The summed E-state index contributed by atoms with van der Waals surface area (Å²) in [7, 11) is -1.55. The Bertz CT molecular complexity index is 483. The van der Waals surface area contributed by atoms with Crippen LogP contribution in [0.5, 0.6) is 5.75 Å². The minimum atomic E-state index is -1.55. The molecule has 0 aliphatic rings. The van der Waals surface area contributed by atoms with Gasteiger partial charge in [0.05, 0.1) is 11.1 Å². The van der Waals surface area contributed by atoms with Crippen LogP contribution >= 0.6 is 11.3 Å². The number of nitrogens with two attached hydrogens (primary N) is 1. The Morgan fingerprint density at radius 3 is 2.64 bits per heavy atom. The smallest absolute Gasteiger partial charge is 0.489 e. The molecular weight excluding hydrogens is 201 g/mol. The van der Waals surface area contributed by atoms with Crippen LogP contribution in [0.4, 0.5) is 5.69 Å². The van der Waals surface area contributed by atoms with Crippen molar-refractivity contribution >= 4 is 39.7 Å². The van der Waals surface area contributed by atoms with Gasteiger partial charge < -0.3 is 20.9 Å². The van der Waals surface area contributed by atoms with Gasteiger partial charge in [-0.3, -0.25) is 0 Å². The van der Waals surface area contributed by atoms with Gasteiger partial charge in [-0.15, -0.1) is 11.3 Å². The van der Waals surface area contributed by atoms with Gasteiger partial charge in [-0.25, -0.2) is 0 Å². The number of thiophene rings is 1. The SMILES string of the molecule is Nc1csc2c(B(O)O)ccc(O)c12. The molecule has 0 unspecified atom stereocenters. The maximum absolute atomic E-state index is 9.51. The molecule has 0 amide bonds. The van der Waals surface area contributed by atoms with Crippen LogP contribution in [-0.4, -0.2) is 22.3 Å². The lowest BCUT2D eigenvalue weighted by Crippen LogP contribution is -2.29. The van der Waals surface area contributed by atoms with Crippen molar-refractivity contribution in [2.75, 3.05) is 5.73 Å². The molecule has 14 heavy (non-hydrogen) atoms. The van der Waals surface area contributed by atoms with Gasteiger partial charge in [0.2, 0.25) is 0 Å². The number of phenolic OH excluding ortho intramolecular Hbond substituents is 1. The molecule has 1 aromatic heterocycles. The molecule has 0 radical (unpaired) electrons. The third kappa shape index (κ3) is 1.24. The summed E-state index contributed by atoms with van der Waals surface area (Å²) < 4.78 is 0.609. The number of benzene rings is 1. The fourth-order valence-corrected chi connectivity index (χ4v) is 2.39. The monoisotopic (exact) mass is 209 g/mol. The van der Waals surface area contributed by atoms with Crippen molar-refractivity contribution < 1.29 is 15.2 Å². The average molecular weight is 209 g/mol. The van der Waals surface area contributed by atoms with Gasteiger partial charge in [0, 0.05) is 15.5 Å². The Kier molecular flexibility index (Phi) is 2.11. The van der Waals surface area contributed by atoms with Crippen LogP contribution in [0, 0.1) is 0 Å². The van der Waals surface area contributed by atoms with Crippen LogP contribution in [0.15, 0.2) is 17.5 Å². The summed E-state index contributed by atoms with van der Waals surface area (Å²) in [6, 6.07) is 2.87. The molecule has 1 aromatic carbocycles. The first-order valence-corrected chi connectivity index (χ1v) is 4.84. The third-order valence-corrected chi connectivity index (χ3v) is 3.08. The maximum Gasteiger partial charge on any atom is 0.489 e. The first-order valence-electron chi connectivity index (χ1n) is 3.96. The quantitative estimate of drug-likeness (QED) is 0.492. The van der Waals surface area contributed by atoms with Crippen LogP contribution < -0.4 is 11.2 Å². The summed E-state index contributed by atoms with van der Waals surface area (Å²) in [4.78, 5) is 0. The summed E-state index contributed by atoms with van der Waals surface area (Å²) in [5.74, 6) is 0.0585. The van der Waals surface area contributed by atoms with Crippen LogP contribution in [-0.2, 0) is 0 Å². The Hall–Kier alpha value is -1.24.